The molecule has 1 amide bonds. The van der Waals surface area contributed by atoms with Crippen molar-refractivity contribution in [3.8, 4) is 11.8 Å². The molecular weight excluding hydrogens is 202 g/mol. The second kappa shape index (κ2) is 12.1. The maximum absolute atomic E-state index is 11.2. The molecule has 94 valence electrons. The SMILES string of the molecule is CC.CC.CC#CC(=O)N1CCC(OC)C1. The fourth-order valence-electron chi connectivity index (χ4n) is 1.29. The number of carbonyl (C=O) groups is 1. The lowest BCUT2D eigenvalue weighted by atomic mass is 10.3. The van der Waals surface area contributed by atoms with Crippen LogP contribution in [-0.4, -0.2) is 37.1 Å². The molecular formula is C13H25NO2. The van der Waals surface area contributed by atoms with E-state index in [1.165, 1.54) is 0 Å². The van der Waals surface area contributed by atoms with E-state index >= 15 is 0 Å². The molecule has 3 nitrogen and oxygen atoms in total. The van der Waals surface area contributed by atoms with E-state index in [-0.39, 0.29) is 12.0 Å². The van der Waals surface area contributed by atoms with Gasteiger partial charge < -0.3 is 9.64 Å². The molecule has 0 radical (unpaired) electrons. The number of methoxy groups -OCH3 is 1. The van der Waals surface area contributed by atoms with Crippen LogP contribution in [0.15, 0.2) is 0 Å². The quantitative estimate of drug-likeness (QED) is 0.643. The van der Waals surface area contributed by atoms with Gasteiger partial charge in [0.15, 0.2) is 0 Å². The zero-order valence-corrected chi connectivity index (χ0v) is 11.5. The van der Waals surface area contributed by atoms with Crippen LogP contribution in [-0.2, 0) is 9.53 Å². The Bertz CT molecular complexity index is 228. The predicted molar refractivity (Wildman–Crippen MR) is 68.1 cm³/mol. The van der Waals surface area contributed by atoms with Gasteiger partial charge in [0.05, 0.1) is 6.10 Å². The maximum atomic E-state index is 11.2. The summed E-state index contributed by atoms with van der Waals surface area (Å²) in [5, 5.41) is 0. The van der Waals surface area contributed by atoms with Crippen molar-refractivity contribution >= 4 is 5.91 Å². The molecule has 1 aliphatic heterocycles. The molecule has 0 aliphatic carbocycles. The molecule has 0 N–H and O–H groups in total. The van der Waals surface area contributed by atoms with Gasteiger partial charge in [-0.05, 0) is 19.3 Å². The summed E-state index contributed by atoms with van der Waals surface area (Å²) in [6.45, 7) is 11.1. The van der Waals surface area contributed by atoms with Crippen molar-refractivity contribution in [3.63, 3.8) is 0 Å². The molecule has 0 aromatic carbocycles. The van der Waals surface area contributed by atoms with Crippen molar-refractivity contribution in [1.82, 2.24) is 4.90 Å². The first-order chi connectivity index (χ1) is 7.77. The first-order valence-electron chi connectivity index (χ1n) is 6.02. The van der Waals surface area contributed by atoms with Crippen LogP contribution in [0.3, 0.4) is 0 Å². The standard InChI is InChI=1S/C9H13NO2.2C2H6/c1-3-4-9(11)10-6-5-8(7-10)12-2;2*1-2/h8H,5-7H2,1-2H3;2*1-2H3. The summed E-state index contributed by atoms with van der Waals surface area (Å²) < 4.78 is 5.13. The van der Waals surface area contributed by atoms with Gasteiger partial charge in [-0.1, -0.05) is 33.6 Å². The number of likely N-dealkylation sites (tertiary alicyclic amines) is 1. The van der Waals surface area contributed by atoms with Gasteiger partial charge >= 0.3 is 0 Å². The van der Waals surface area contributed by atoms with Gasteiger partial charge in [0, 0.05) is 20.2 Å². The molecule has 3 heteroatoms. The van der Waals surface area contributed by atoms with Crippen molar-refractivity contribution in [2.24, 2.45) is 0 Å². The average molecular weight is 227 g/mol. The van der Waals surface area contributed by atoms with Crippen molar-refractivity contribution in [3.05, 3.63) is 0 Å². The minimum atomic E-state index is -0.0861. The predicted octanol–water partition coefficient (Wildman–Crippen LogP) is 2.31. The van der Waals surface area contributed by atoms with E-state index in [4.69, 9.17) is 4.74 Å². The Kier molecular flexibility index (Phi) is 13.1. The lowest BCUT2D eigenvalue weighted by Crippen LogP contribution is -2.28. The highest BCUT2D eigenvalue weighted by atomic mass is 16.5. The van der Waals surface area contributed by atoms with E-state index in [2.05, 4.69) is 11.8 Å². The Balaban J connectivity index is 0. The summed E-state index contributed by atoms with van der Waals surface area (Å²) >= 11 is 0. The van der Waals surface area contributed by atoms with Crippen LogP contribution in [0.1, 0.15) is 41.0 Å². The van der Waals surface area contributed by atoms with Gasteiger partial charge in [0.1, 0.15) is 0 Å². The van der Waals surface area contributed by atoms with Crippen molar-refractivity contribution in [2.75, 3.05) is 20.2 Å². The molecule has 1 heterocycles. The third-order valence-corrected chi connectivity index (χ3v) is 2.00. The van der Waals surface area contributed by atoms with E-state index in [1.807, 2.05) is 27.7 Å². The molecule has 0 saturated carbocycles. The van der Waals surface area contributed by atoms with E-state index in [1.54, 1.807) is 18.9 Å². The summed E-state index contributed by atoms with van der Waals surface area (Å²) in [5.41, 5.74) is 0. The molecule has 1 saturated heterocycles. The largest absolute Gasteiger partial charge is 0.380 e. The number of amides is 1. The monoisotopic (exact) mass is 227 g/mol. The van der Waals surface area contributed by atoms with E-state index < -0.39 is 0 Å². The lowest BCUT2D eigenvalue weighted by Gasteiger charge is -2.11. The highest BCUT2D eigenvalue weighted by molar-refractivity contribution is 5.93. The molecule has 1 rings (SSSR count). The summed E-state index contributed by atoms with van der Waals surface area (Å²) in [5.74, 6) is 5.02. The Morgan fingerprint density at radius 2 is 1.88 bits per heavy atom. The molecule has 1 fully saturated rings. The van der Waals surface area contributed by atoms with Crippen molar-refractivity contribution in [1.29, 1.82) is 0 Å². The van der Waals surface area contributed by atoms with Gasteiger partial charge in [-0.3, -0.25) is 4.79 Å². The maximum Gasteiger partial charge on any atom is 0.298 e. The first kappa shape index (κ1) is 17.4. The average Bonchev–Trinajstić information content (AvgIpc) is 2.83. The zero-order valence-electron chi connectivity index (χ0n) is 11.5. The first-order valence-corrected chi connectivity index (χ1v) is 6.02. The zero-order chi connectivity index (χ0) is 13.0. The second-order valence-corrected chi connectivity index (χ2v) is 2.77. The Labute approximate surface area is 100 Å². The van der Waals surface area contributed by atoms with E-state index in [0.717, 1.165) is 13.0 Å². The van der Waals surface area contributed by atoms with Crippen LogP contribution >= 0.6 is 0 Å². The molecule has 16 heavy (non-hydrogen) atoms. The number of rotatable bonds is 1. The minimum absolute atomic E-state index is 0.0861. The number of hydrogen-bond acceptors (Lipinski definition) is 2. The van der Waals surface area contributed by atoms with Crippen LogP contribution in [0.2, 0.25) is 0 Å². The van der Waals surface area contributed by atoms with Gasteiger partial charge in [-0.2, -0.15) is 0 Å². The van der Waals surface area contributed by atoms with Crippen LogP contribution in [0, 0.1) is 11.8 Å². The number of nitrogens with zero attached hydrogens (tertiary/aromatic N) is 1. The Morgan fingerprint density at radius 3 is 2.25 bits per heavy atom. The van der Waals surface area contributed by atoms with E-state index in [9.17, 15) is 4.79 Å². The molecule has 0 spiro atoms. The van der Waals surface area contributed by atoms with Gasteiger partial charge in [-0.25, -0.2) is 0 Å². The minimum Gasteiger partial charge on any atom is -0.380 e. The Hall–Kier alpha value is -1.01. The number of carbonyl (C=O) groups excluding carboxylic acids is 1. The molecule has 0 bridgehead atoms. The van der Waals surface area contributed by atoms with Crippen LogP contribution in [0.5, 0.6) is 0 Å². The van der Waals surface area contributed by atoms with Crippen LogP contribution < -0.4 is 0 Å². The molecule has 1 unspecified atom stereocenters. The van der Waals surface area contributed by atoms with E-state index in [0.29, 0.717) is 6.54 Å². The van der Waals surface area contributed by atoms with Crippen LogP contribution in [0.25, 0.3) is 0 Å². The van der Waals surface area contributed by atoms with Crippen molar-refractivity contribution in [2.45, 2.75) is 47.1 Å². The molecule has 1 atom stereocenters. The molecule has 1 aliphatic rings. The lowest BCUT2D eigenvalue weighted by molar-refractivity contribution is -0.124. The number of hydrogen-bond donors (Lipinski definition) is 0. The smallest absolute Gasteiger partial charge is 0.298 e. The Morgan fingerprint density at radius 1 is 1.31 bits per heavy atom. The summed E-state index contributed by atoms with van der Waals surface area (Å²) in [6.07, 6.45) is 1.13. The summed E-state index contributed by atoms with van der Waals surface area (Å²) in [7, 11) is 1.67. The van der Waals surface area contributed by atoms with Crippen LogP contribution in [0.4, 0.5) is 0 Å². The third kappa shape index (κ3) is 6.47. The van der Waals surface area contributed by atoms with Gasteiger partial charge in [0.25, 0.3) is 5.91 Å². The van der Waals surface area contributed by atoms with Gasteiger partial charge in [0.2, 0.25) is 0 Å². The van der Waals surface area contributed by atoms with Gasteiger partial charge in [-0.15, -0.1) is 0 Å². The second-order valence-electron chi connectivity index (χ2n) is 2.77. The third-order valence-electron chi connectivity index (χ3n) is 2.00. The fourth-order valence-corrected chi connectivity index (χ4v) is 1.29. The highest BCUT2D eigenvalue weighted by Gasteiger charge is 2.24. The normalized spacial score (nSPS) is 17.1. The molecule has 0 aromatic rings. The molecule has 0 aromatic heterocycles. The summed E-state index contributed by atoms with van der Waals surface area (Å²) in [4.78, 5) is 12.9. The topological polar surface area (TPSA) is 29.5 Å². The summed E-state index contributed by atoms with van der Waals surface area (Å²) in [6, 6.07) is 0. The van der Waals surface area contributed by atoms with Crippen molar-refractivity contribution < 1.29 is 9.53 Å². The number of ether oxygens (including phenoxy) is 1. The highest BCUT2D eigenvalue weighted by Crippen LogP contribution is 2.11. The fraction of sp³-hybridized carbons (Fsp3) is 0.769.